The monoisotopic (exact) mass is 360 g/mol. The molecule has 0 aliphatic rings. The Bertz CT molecular complexity index is 1080. The van der Waals surface area contributed by atoms with Crippen molar-refractivity contribution in [3.63, 3.8) is 0 Å². The fourth-order valence-electron chi connectivity index (χ4n) is 3.97. The second-order valence-corrected chi connectivity index (χ2v) is 7.18. The van der Waals surface area contributed by atoms with Crippen LogP contribution < -0.4 is 5.32 Å². The van der Waals surface area contributed by atoms with E-state index in [9.17, 15) is 0 Å². The Morgan fingerprint density at radius 1 is 1.04 bits per heavy atom. The maximum atomic E-state index is 4.75. The van der Waals surface area contributed by atoms with Crippen molar-refractivity contribution in [2.24, 2.45) is 0 Å². The third kappa shape index (κ3) is 3.26. The minimum Gasteiger partial charge on any atom is -0.369 e. The summed E-state index contributed by atoms with van der Waals surface area (Å²) < 4.78 is 0. The molecule has 0 atom stereocenters. The molecule has 0 aliphatic carbocycles. The van der Waals surface area contributed by atoms with Gasteiger partial charge in [-0.3, -0.25) is 0 Å². The molecule has 0 saturated heterocycles. The van der Waals surface area contributed by atoms with E-state index in [-0.39, 0.29) is 0 Å². The number of hydrogen-bond donors (Lipinski definition) is 2. The topological polar surface area (TPSA) is 44.0 Å². The Labute approximate surface area is 160 Å². The zero-order chi connectivity index (χ0) is 18.8. The molecule has 2 aromatic carbocycles. The van der Waals surface area contributed by atoms with Crippen molar-refractivity contribution in [2.45, 2.75) is 27.2 Å². The van der Waals surface area contributed by atoms with Crippen LogP contribution in [0.3, 0.4) is 0 Å². The number of nitrogens with zero attached hydrogens (tertiary/aromatic N) is 2. The minimum atomic E-state index is 0.930. The summed E-state index contributed by atoms with van der Waals surface area (Å²) in [5, 5.41) is 8.63. The first-order valence-corrected chi connectivity index (χ1v) is 9.97. The van der Waals surface area contributed by atoms with Gasteiger partial charge in [-0.15, -0.1) is 0 Å². The van der Waals surface area contributed by atoms with Crippen molar-refractivity contribution in [3.8, 4) is 0 Å². The largest absolute Gasteiger partial charge is 0.369 e. The molecule has 0 aliphatic heterocycles. The van der Waals surface area contributed by atoms with Crippen molar-refractivity contribution < 1.29 is 0 Å². The van der Waals surface area contributed by atoms with Crippen LogP contribution in [-0.2, 0) is 0 Å². The van der Waals surface area contributed by atoms with Gasteiger partial charge in [-0.1, -0.05) is 44.2 Å². The van der Waals surface area contributed by atoms with Crippen LogP contribution >= 0.6 is 0 Å². The van der Waals surface area contributed by atoms with Crippen molar-refractivity contribution in [1.82, 2.24) is 14.9 Å². The van der Waals surface area contributed by atoms with Crippen LogP contribution in [-0.4, -0.2) is 41.0 Å². The number of hydrogen-bond acceptors (Lipinski definition) is 3. The van der Waals surface area contributed by atoms with Gasteiger partial charge in [-0.05, 0) is 55.4 Å². The Hall–Kier alpha value is -2.59. The molecular formula is C23H28N4. The van der Waals surface area contributed by atoms with Crippen molar-refractivity contribution in [1.29, 1.82) is 0 Å². The van der Waals surface area contributed by atoms with Crippen molar-refractivity contribution >= 4 is 38.4 Å². The van der Waals surface area contributed by atoms with Gasteiger partial charge in [0.15, 0.2) is 0 Å². The lowest BCUT2D eigenvalue weighted by molar-refractivity contribution is 0.303. The summed E-state index contributed by atoms with van der Waals surface area (Å²) in [5.74, 6) is 0.984. The number of aryl methyl sites for hydroxylation is 1. The number of aromatic amines is 1. The third-order valence-corrected chi connectivity index (χ3v) is 5.55. The van der Waals surface area contributed by atoms with Crippen LogP contribution in [0.25, 0.3) is 32.6 Å². The quantitative estimate of drug-likeness (QED) is 0.438. The first-order valence-electron chi connectivity index (χ1n) is 9.97. The van der Waals surface area contributed by atoms with Gasteiger partial charge < -0.3 is 15.2 Å². The number of anilines is 1. The van der Waals surface area contributed by atoms with E-state index in [2.05, 4.69) is 72.4 Å². The molecule has 4 nitrogen and oxygen atoms in total. The van der Waals surface area contributed by atoms with E-state index in [0.717, 1.165) is 38.4 Å². The lowest BCUT2D eigenvalue weighted by atomic mass is 10.0. The summed E-state index contributed by atoms with van der Waals surface area (Å²) in [6.45, 7) is 10.8. The van der Waals surface area contributed by atoms with Crippen LogP contribution in [0, 0.1) is 6.92 Å². The molecule has 27 heavy (non-hydrogen) atoms. The van der Waals surface area contributed by atoms with E-state index < -0.39 is 0 Å². The predicted octanol–water partition coefficient (Wildman–Crippen LogP) is 5.32. The Morgan fingerprint density at radius 3 is 2.67 bits per heavy atom. The molecule has 2 N–H and O–H groups in total. The average Bonchev–Trinajstić information content (AvgIpc) is 3.11. The summed E-state index contributed by atoms with van der Waals surface area (Å²) in [4.78, 5) is 10.8. The van der Waals surface area contributed by atoms with E-state index in [0.29, 0.717) is 0 Å². The normalized spacial score (nSPS) is 11.9. The second kappa shape index (κ2) is 7.57. The molecular weight excluding hydrogens is 332 g/mol. The van der Waals surface area contributed by atoms with E-state index in [1.54, 1.807) is 0 Å². The number of aromatic nitrogens is 2. The molecule has 0 fully saturated rings. The molecule has 4 rings (SSSR count). The fraction of sp³-hybridized carbons (Fsp3) is 0.348. The number of benzene rings is 2. The van der Waals surface area contributed by atoms with Crippen LogP contribution in [0.2, 0.25) is 0 Å². The Kier molecular flexibility index (Phi) is 4.99. The lowest BCUT2D eigenvalue weighted by Gasteiger charge is -2.18. The van der Waals surface area contributed by atoms with Crippen molar-refractivity contribution in [3.05, 3.63) is 48.2 Å². The Balaban J connectivity index is 1.74. The highest BCUT2D eigenvalue weighted by atomic mass is 15.1. The number of pyridine rings is 1. The molecule has 0 saturated carbocycles. The van der Waals surface area contributed by atoms with E-state index >= 15 is 0 Å². The number of rotatable bonds is 7. The first kappa shape index (κ1) is 17.8. The van der Waals surface area contributed by atoms with Gasteiger partial charge in [0.25, 0.3) is 0 Å². The van der Waals surface area contributed by atoms with Gasteiger partial charge in [0.1, 0.15) is 5.82 Å². The highest BCUT2D eigenvalue weighted by Gasteiger charge is 2.14. The maximum Gasteiger partial charge on any atom is 0.136 e. The van der Waals surface area contributed by atoms with E-state index in [1.807, 2.05) is 6.20 Å². The standard InChI is InChI=1S/C23H28N4/c1-4-27(5-2)14-8-13-24-23-21-20-18-10-7-6-9-17(18)11-12-19(20)26-22(21)16(3)15-25-23/h6-7,9-12,15,26H,4-5,8,13-14H2,1-3H3,(H,24,25). The first-order chi connectivity index (χ1) is 13.2. The molecule has 0 spiro atoms. The highest BCUT2D eigenvalue weighted by molar-refractivity contribution is 6.23. The molecule has 0 bridgehead atoms. The van der Waals surface area contributed by atoms with Gasteiger partial charge in [0.2, 0.25) is 0 Å². The van der Waals surface area contributed by atoms with Gasteiger partial charge in [0, 0.05) is 23.6 Å². The van der Waals surface area contributed by atoms with Gasteiger partial charge >= 0.3 is 0 Å². The number of fused-ring (bicyclic) bond motifs is 5. The fourth-order valence-corrected chi connectivity index (χ4v) is 3.97. The molecule has 4 aromatic rings. The number of H-pyrrole nitrogens is 1. The average molecular weight is 361 g/mol. The molecule has 0 radical (unpaired) electrons. The zero-order valence-electron chi connectivity index (χ0n) is 16.5. The van der Waals surface area contributed by atoms with Crippen LogP contribution in [0.5, 0.6) is 0 Å². The lowest BCUT2D eigenvalue weighted by Crippen LogP contribution is -2.25. The van der Waals surface area contributed by atoms with Crippen LogP contribution in [0.1, 0.15) is 25.8 Å². The Morgan fingerprint density at radius 2 is 1.85 bits per heavy atom. The third-order valence-electron chi connectivity index (χ3n) is 5.55. The SMILES string of the molecule is CCN(CC)CCCNc1ncc(C)c2[nH]c3ccc4ccccc4c3c12. The highest BCUT2D eigenvalue weighted by Crippen LogP contribution is 2.36. The summed E-state index contributed by atoms with van der Waals surface area (Å²) in [7, 11) is 0. The van der Waals surface area contributed by atoms with E-state index in [1.165, 1.54) is 38.1 Å². The molecule has 0 unspecified atom stereocenters. The van der Waals surface area contributed by atoms with Gasteiger partial charge in [0.05, 0.1) is 10.9 Å². The molecule has 4 heteroatoms. The van der Waals surface area contributed by atoms with Crippen molar-refractivity contribution in [2.75, 3.05) is 31.5 Å². The van der Waals surface area contributed by atoms with Gasteiger partial charge in [-0.2, -0.15) is 0 Å². The summed E-state index contributed by atoms with van der Waals surface area (Å²) in [5.41, 5.74) is 3.53. The second-order valence-electron chi connectivity index (χ2n) is 7.18. The molecule has 2 heterocycles. The summed E-state index contributed by atoms with van der Waals surface area (Å²) >= 11 is 0. The zero-order valence-corrected chi connectivity index (χ0v) is 16.5. The molecule has 140 valence electrons. The number of nitrogens with one attached hydrogen (secondary N) is 2. The van der Waals surface area contributed by atoms with Crippen LogP contribution in [0.4, 0.5) is 5.82 Å². The van der Waals surface area contributed by atoms with Crippen LogP contribution in [0.15, 0.2) is 42.6 Å². The summed E-state index contributed by atoms with van der Waals surface area (Å²) in [6, 6.07) is 13.0. The summed E-state index contributed by atoms with van der Waals surface area (Å²) in [6.07, 6.45) is 3.08. The molecule has 0 amide bonds. The smallest absolute Gasteiger partial charge is 0.136 e. The molecule has 2 aromatic heterocycles. The predicted molar refractivity (Wildman–Crippen MR) is 117 cm³/mol. The minimum absolute atomic E-state index is 0.930. The maximum absolute atomic E-state index is 4.75. The van der Waals surface area contributed by atoms with E-state index in [4.69, 9.17) is 4.98 Å². The van der Waals surface area contributed by atoms with Gasteiger partial charge in [-0.25, -0.2) is 4.98 Å².